The molecule has 5 heteroatoms. The third-order valence-electron chi connectivity index (χ3n) is 3.24. The van der Waals surface area contributed by atoms with Crippen LogP contribution in [0.25, 0.3) is 20.3 Å². The molecular formula is C15H18N2OS2. The van der Waals surface area contributed by atoms with Gasteiger partial charge in [-0.25, -0.2) is 4.98 Å². The number of thiophene rings is 1. The van der Waals surface area contributed by atoms with Crippen molar-refractivity contribution in [2.24, 2.45) is 5.92 Å². The Morgan fingerprint density at radius 1 is 1.45 bits per heavy atom. The van der Waals surface area contributed by atoms with Crippen molar-refractivity contribution < 1.29 is 4.74 Å². The molecule has 1 atom stereocenters. The summed E-state index contributed by atoms with van der Waals surface area (Å²) in [5.74, 6) is 1.48. The zero-order chi connectivity index (χ0) is 14.1. The van der Waals surface area contributed by atoms with E-state index in [1.165, 1.54) is 14.8 Å². The standard InChI is InChI=1S/C15H18N2OS2/c1-9(7-16-3)8-18-12-6-13-14(17-10(2)20-13)15-11(12)4-5-19-15/h4-6,9,16H,7-8H2,1-3H3. The maximum absolute atomic E-state index is 6.05. The molecule has 0 radical (unpaired) electrons. The summed E-state index contributed by atoms with van der Waals surface area (Å²) < 4.78 is 8.51. The molecule has 0 aliphatic rings. The third-order valence-corrected chi connectivity index (χ3v) is 5.08. The average Bonchev–Trinajstić information content (AvgIpc) is 3.01. The van der Waals surface area contributed by atoms with Crippen molar-refractivity contribution in [2.75, 3.05) is 20.2 Å². The second-order valence-corrected chi connectivity index (χ2v) is 7.24. The highest BCUT2D eigenvalue weighted by atomic mass is 32.1. The highest BCUT2D eigenvalue weighted by molar-refractivity contribution is 7.21. The molecule has 20 heavy (non-hydrogen) atoms. The molecule has 1 N–H and O–H groups in total. The van der Waals surface area contributed by atoms with Gasteiger partial charge in [0.2, 0.25) is 0 Å². The molecule has 0 amide bonds. The lowest BCUT2D eigenvalue weighted by Gasteiger charge is -2.13. The summed E-state index contributed by atoms with van der Waals surface area (Å²) in [6.07, 6.45) is 0. The van der Waals surface area contributed by atoms with E-state index in [9.17, 15) is 0 Å². The van der Waals surface area contributed by atoms with Gasteiger partial charge in [-0.2, -0.15) is 0 Å². The highest BCUT2D eigenvalue weighted by Gasteiger charge is 2.13. The van der Waals surface area contributed by atoms with Gasteiger partial charge < -0.3 is 10.1 Å². The Balaban J connectivity index is 1.98. The van der Waals surface area contributed by atoms with Crippen LogP contribution in [0.15, 0.2) is 17.5 Å². The fourth-order valence-electron chi connectivity index (χ4n) is 2.35. The van der Waals surface area contributed by atoms with Crippen LogP contribution in [0.4, 0.5) is 0 Å². The molecule has 3 aromatic rings. The van der Waals surface area contributed by atoms with Gasteiger partial charge in [-0.1, -0.05) is 6.92 Å². The Labute approximate surface area is 126 Å². The van der Waals surface area contributed by atoms with Crippen LogP contribution >= 0.6 is 22.7 Å². The smallest absolute Gasteiger partial charge is 0.129 e. The van der Waals surface area contributed by atoms with E-state index in [1.54, 1.807) is 22.7 Å². The Kier molecular flexibility index (Phi) is 3.92. The van der Waals surface area contributed by atoms with E-state index in [-0.39, 0.29) is 0 Å². The van der Waals surface area contributed by atoms with E-state index < -0.39 is 0 Å². The maximum atomic E-state index is 6.05. The van der Waals surface area contributed by atoms with Crippen molar-refractivity contribution >= 4 is 43.0 Å². The van der Waals surface area contributed by atoms with Crippen molar-refractivity contribution in [1.29, 1.82) is 0 Å². The van der Waals surface area contributed by atoms with Crippen molar-refractivity contribution in [3.05, 3.63) is 22.5 Å². The Morgan fingerprint density at radius 2 is 2.30 bits per heavy atom. The van der Waals surface area contributed by atoms with Gasteiger partial charge in [0.15, 0.2) is 0 Å². The fourth-order valence-corrected chi connectivity index (χ4v) is 4.18. The van der Waals surface area contributed by atoms with Gasteiger partial charge in [0.1, 0.15) is 5.75 Å². The van der Waals surface area contributed by atoms with Crippen LogP contribution in [-0.4, -0.2) is 25.2 Å². The monoisotopic (exact) mass is 306 g/mol. The number of rotatable bonds is 5. The molecule has 3 nitrogen and oxygen atoms in total. The van der Waals surface area contributed by atoms with Crippen LogP contribution in [0, 0.1) is 12.8 Å². The predicted octanol–water partition coefficient (Wildman–Crippen LogP) is 4.05. The first-order chi connectivity index (χ1) is 9.69. The van der Waals surface area contributed by atoms with Crippen LogP contribution in [0.1, 0.15) is 11.9 Å². The summed E-state index contributed by atoms with van der Waals surface area (Å²) >= 11 is 3.47. The van der Waals surface area contributed by atoms with Gasteiger partial charge in [0.25, 0.3) is 0 Å². The number of fused-ring (bicyclic) bond motifs is 3. The first kappa shape index (κ1) is 13.8. The molecule has 3 rings (SSSR count). The first-order valence-corrected chi connectivity index (χ1v) is 8.43. The third kappa shape index (κ3) is 2.53. The molecule has 0 fully saturated rings. The Morgan fingerprint density at radius 3 is 3.10 bits per heavy atom. The second kappa shape index (κ2) is 5.68. The molecule has 0 aliphatic heterocycles. The minimum atomic E-state index is 0.493. The number of hydrogen-bond acceptors (Lipinski definition) is 5. The number of hydrogen-bond donors (Lipinski definition) is 1. The quantitative estimate of drug-likeness (QED) is 0.772. The largest absolute Gasteiger partial charge is 0.493 e. The minimum Gasteiger partial charge on any atom is -0.493 e. The number of benzene rings is 1. The normalized spacial score (nSPS) is 13.2. The fraction of sp³-hybridized carbons (Fsp3) is 0.400. The van der Waals surface area contributed by atoms with Gasteiger partial charge in [-0.3, -0.25) is 0 Å². The second-order valence-electron chi connectivity index (χ2n) is 5.09. The van der Waals surface area contributed by atoms with E-state index >= 15 is 0 Å². The number of nitrogens with zero attached hydrogens (tertiary/aromatic N) is 1. The maximum Gasteiger partial charge on any atom is 0.129 e. The molecule has 0 bridgehead atoms. The molecule has 2 aromatic heterocycles. The number of aromatic nitrogens is 1. The van der Waals surface area contributed by atoms with E-state index in [1.807, 2.05) is 7.05 Å². The molecular weight excluding hydrogens is 288 g/mol. The van der Waals surface area contributed by atoms with E-state index in [4.69, 9.17) is 4.74 Å². The van der Waals surface area contributed by atoms with Crippen molar-refractivity contribution in [1.82, 2.24) is 10.3 Å². The van der Waals surface area contributed by atoms with Crippen molar-refractivity contribution in [2.45, 2.75) is 13.8 Å². The van der Waals surface area contributed by atoms with Gasteiger partial charge >= 0.3 is 0 Å². The average molecular weight is 306 g/mol. The van der Waals surface area contributed by atoms with Gasteiger partial charge in [-0.05, 0) is 25.4 Å². The number of ether oxygens (including phenoxy) is 1. The van der Waals surface area contributed by atoms with E-state index in [2.05, 4.69) is 41.7 Å². The SMILES string of the molecule is CNCC(C)COc1cc2sc(C)nc2c2sccc12. The van der Waals surface area contributed by atoms with Gasteiger partial charge in [0, 0.05) is 23.9 Å². The Hall–Kier alpha value is -1.17. The highest BCUT2D eigenvalue weighted by Crippen LogP contribution is 2.38. The minimum absolute atomic E-state index is 0.493. The topological polar surface area (TPSA) is 34.1 Å². The predicted molar refractivity (Wildman–Crippen MR) is 88.3 cm³/mol. The van der Waals surface area contributed by atoms with Crippen LogP contribution in [-0.2, 0) is 0 Å². The van der Waals surface area contributed by atoms with Crippen LogP contribution < -0.4 is 10.1 Å². The number of aryl methyl sites for hydroxylation is 1. The van der Waals surface area contributed by atoms with Crippen LogP contribution in [0.3, 0.4) is 0 Å². The Bertz CT molecular complexity index is 732. The molecule has 0 spiro atoms. The van der Waals surface area contributed by atoms with Gasteiger partial charge in [0.05, 0.1) is 26.5 Å². The molecule has 0 saturated heterocycles. The lowest BCUT2D eigenvalue weighted by atomic mass is 10.2. The summed E-state index contributed by atoms with van der Waals surface area (Å²) in [4.78, 5) is 4.64. The molecule has 0 saturated carbocycles. The van der Waals surface area contributed by atoms with Crippen molar-refractivity contribution in [3.63, 3.8) is 0 Å². The summed E-state index contributed by atoms with van der Waals surface area (Å²) in [5.41, 5.74) is 1.12. The van der Waals surface area contributed by atoms with Gasteiger partial charge in [-0.15, -0.1) is 22.7 Å². The lowest BCUT2D eigenvalue weighted by Crippen LogP contribution is -2.21. The number of thiazole rings is 1. The molecule has 1 unspecified atom stereocenters. The summed E-state index contributed by atoms with van der Waals surface area (Å²) in [7, 11) is 1.97. The summed E-state index contributed by atoms with van der Waals surface area (Å²) in [6.45, 7) is 5.94. The van der Waals surface area contributed by atoms with Crippen molar-refractivity contribution in [3.8, 4) is 5.75 Å². The van der Waals surface area contributed by atoms with E-state index in [0.29, 0.717) is 5.92 Å². The van der Waals surface area contributed by atoms with E-state index in [0.717, 1.165) is 29.4 Å². The molecule has 106 valence electrons. The lowest BCUT2D eigenvalue weighted by molar-refractivity contribution is 0.261. The molecule has 2 heterocycles. The first-order valence-electron chi connectivity index (χ1n) is 6.73. The summed E-state index contributed by atoms with van der Waals surface area (Å²) in [5, 5.41) is 7.59. The number of nitrogens with one attached hydrogen (secondary N) is 1. The molecule has 0 aliphatic carbocycles. The zero-order valence-corrected chi connectivity index (χ0v) is 13.5. The van der Waals surface area contributed by atoms with Crippen LogP contribution in [0.5, 0.6) is 5.75 Å². The molecule has 1 aromatic carbocycles. The summed E-state index contributed by atoms with van der Waals surface area (Å²) in [6, 6.07) is 4.27. The zero-order valence-electron chi connectivity index (χ0n) is 11.9. The van der Waals surface area contributed by atoms with Crippen LogP contribution in [0.2, 0.25) is 0 Å².